The van der Waals surface area contributed by atoms with Gasteiger partial charge in [0, 0.05) is 11.1 Å². The summed E-state index contributed by atoms with van der Waals surface area (Å²) < 4.78 is 0. The fourth-order valence-electron chi connectivity index (χ4n) is 1.73. The first-order valence-corrected chi connectivity index (χ1v) is 6.53. The van der Waals surface area contributed by atoms with Gasteiger partial charge in [-0.1, -0.05) is 48.2 Å². The van der Waals surface area contributed by atoms with Gasteiger partial charge in [-0.25, -0.2) is 0 Å². The predicted octanol–water partition coefficient (Wildman–Crippen LogP) is 3.25. The molecule has 2 heteroatoms. The fraction of sp³-hybridized carbons (Fsp3) is 0.167. The number of benzene rings is 2. The van der Waals surface area contributed by atoms with Crippen LogP contribution >= 0.6 is 0 Å². The highest BCUT2D eigenvalue weighted by Gasteiger charge is 2.18. The van der Waals surface area contributed by atoms with Gasteiger partial charge in [0.1, 0.15) is 0 Å². The van der Waals surface area contributed by atoms with Crippen molar-refractivity contribution in [2.75, 3.05) is 0 Å². The normalized spacial score (nSPS) is 10.3. The van der Waals surface area contributed by atoms with Gasteiger partial charge in [0.05, 0.1) is 5.54 Å². The molecule has 0 saturated heterocycles. The van der Waals surface area contributed by atoms with Crippen molar-refractivity contribution >= 4 is 5.91 Å². The molecule has 0 bridgehead atoms. The van der Waals surface area contributed by atoms with Crippen LogP contribution in [0, 0.1) is 11.8 Å². The molecule has 0 heterocycles. The molecule has 2 aromatic carbocycles. The van der Waals surface area contributed by atoms with Gasteiger partial charge in [-0.05, 0) is 38.1 Å². The molecule has 0 unspecified atom stereocenters. The Bertz CT molecular complexity index is 633. The van der Waals surface area contributed by atoms with Gasteiger partial charge in [0.15, 0.2) is 0 Å². The van der Waals surface area contributed by atoms with Crippen LogP contribution in [-0.4, -0.2) is 11.4 Å². The molecule has 100 valence electrons. The minimum Gasteiger partial charge on any atom is -0.336 e. The van der Waals surface area contributed by atoms with E-state index in [4.69, 9.17) is 0 Å². The molecule has 1 N–H and O–H groups in total. The van der Waals surface area contributed by atoms with Crippen molar-refractivity contribution in [2.45, 2.75) is 19.4 Å². The molecule has 0 aromatic heterocycles. The van der Waals surface area contributed by atoms with E-state index in [-0.39, 0.29) is 5.91 Å². The molecule has 1 amide bonds. The first-order chi connectivity index (χ1) is 9.57. The van der Waals surface area contributed by atoms with E-state index >= 15 is 0 Å². The summed E-state index contributed by atoms with van der Waals surface area (Å²) in [6, 6.07) is 18.9. The van der Waals surface area contributed by atoms with Crippen molar-refractivity contribution < 1.29 is 4.79 Å². The third-order valence-corrected chi connectivity index (χ3v) is 2.76. The quantitative estimate of drug-likeness (QED) is 0.828. The Morgan fingerprint density at radius 1 is 0.950 bits per heavy atom. The molecule has 0 saturated carbocycles. The summed E-state index contributed by atoms with van der Waals surface area (Å²) in [5.41, 5.74) is 1.000. The lowest BCUT2D eigenvalue weighted by Crippen LogP contribution is -2.42. The molecular weight excluding hydrogens is 246 g/mol. The van der Waals surface area contributed by atoms with E-state index in [1.165, 1.54) is 0 Å². The van der Waals surface area contributed by atoms with Crippen LogP contribution in [0.4, 0.5) is 0 Å². The number of hydrogen-bond acceptors (Lipinski definition) is 1. The van der Waals surface area contributed by atoms with Crippen molar-refractivity contribution in [3.05, 3.63) is 71.8 Å². The molecule has 2 aromatic rings. The van der Waals surface area contributed by atoms with Crippen molar-refractivity contribution in [1.82, 2.24) is 5.32 Å². The minimum atomic E-state index is -0.581. The molecule has 0 spiro atoms. The monoisotopic (exact) mass is 263 g/mol. The Morgan fingerprint density at radius 3 is 2.10 bits per heavy atom. The smallest absolute Gasteiger partial charge is 0.252 e. The highest BCUT2D eigenvalue weighted by molar-refractivity contribution is 5.94. The average molecular weight is 263 g/mol. The van der Waals surface area contributed by atoms with Crippen LogP contribution in [0.3, 0.4) is 0 Å². The van der Waals surface area contributed by atoms with Crippen molar-refractivity contribution in [2.24, 2.45) is 0 Å². The van der Waals surface area contributed by atoms with Gasteiger partial charge in [-0.3, -0.25) is 4.79 Å². The highest BCUT2D eigenvalue weighted by atomic mass is 16.1. The highest BCUT2D eigenvalue weighted by Crippen LogP contribution is 2.05. The summed E-state index contributed by atoms with van der Waals surface area (Å²) in [5, 5.41) is 2.93. The second-order valence-electron chi connectivity index (χ2n) is 5.06. The lowest BCUT2D eigenvalue weighted by atomic mass is 10.0. The Labute approximate surface area is 119 Å². The molecule has 0 aliphatic heterocycles. The fourth-order valence-corrected chi connectivity index (χ4v) is 1.73. The first kappa shape index (κ1) is 13.9. The topological polar surface area (TPSA) is 29.1 Å². The summed E-state index contributed by atoms with van der Waals surface area (Å²) in [6.07, 6.45) is 0. The van der Waals surface area contributed by atoms with Crippen LogP contribution in [0.1, 0.15) is 29.8 Å². The van der Waals surface area contributed by atoms with Crippen LogP contribution in [0.15, 0.2) is 60.7 Å². The summed E-state index contributed by atoms with van der Waals surface area (Å²) >= 11 is 0. The van der Waals surface area contributed by atoms with Gasteiger partial charge in [-0.2, -0.15) is 0 Å². The Balaban J connectivity index is 2.08. The number of amides is 1. The van der Waals surface area contributed by atoms with Gasteiger partial charge >= 0.3 is 0 Å². The van der Waals surface area contributed by atoms with Crippen LogP contribution in [0.5, 0.6) is 0 Å². The van der Waals surface area contributed by atoms with Crippen molar-refractivity contribution in [1.29, 1.82) is 0 Å². The van der Waals surface area contributed by atoms with Gasteiger partial charge < -0.3 is 5.32 Å². The van der Waals surface area contributed by atoms with E-state index in [2.05, 4.69) is 17.2 Å². The standard InChI is InChI=1S/C18H17NO/c1-18(2,14-13-15-9-5-3-6-10-15)19-17(20)16-11-7-4-8-12-16/h3-12H,1-2H3,(H,19,20). The predicted molar refractivity (Wildman–Crippen MR) is 81.3 cm³/mol. The zero-order valence-electron chi connectivity index (χ0n) is 11.7. The third-order valence-electron chi connectivity index (χ3n) is 2.76. The Hall–Kier alpha value is -2.53. The first-order valence-electron chi connectivity index (χ1n) is 6.53. The zero-order valence-corrected chi connectivity index (χ0v) is 11.7. The zero-order chi connectivity index (χ0) is 14.4. The van der Waals surface area contributed by atoms with E-state index in [1.807, 2.05) is 62.4 Å². The number of nitrogens with one attached hydrogen (secondary N) is 1. The molecule has 0 atom stereocenters. The van der Waals surface area contributed by atoms with Crippen molar-refractivity contribution in [3.63, 3.8) is 0 Å². The molecule has 20 heavy (non-hydrogen) atoms. The molecule has 2 rings (SSSR count). The molecule has 0 aliphatic rings. The van der Waals surface area contributed by atoms with Crippen LogP contribution in [-0.2, 0) is 0 Å². The molecule has 2 nitrogen and oxygen atoms in total. The van der Waals surface area contributed by atoms with Gasteiger partial charge in [0.25, 0.3) is 5.91 Å². The van der Waals surface area contributed by atoms with Crippen LogP contribution < -0.4 is 5.32 Å². The molecular formula is C18H17NO. The van der Waals surface area contributed by atoms with Gasteiger partial charge in [-0.15, -0.1) is 0 Å². The summed E-state index contributed by atoms with van der Waals surface area (Å²) in [7, 11) is 0. The third kappa shape index (κ3) is 4.00. The summed E-state index contributed by atoms with van der Waals surface area (Å²) in [4.78, 5) is 12.1. The lowest BCUT2D eigenvalue weighted by molar-refractivity contribution is 0.0930. The molecule has 0 radical (unpaired) electrons. The number of carbonyl (C=O) groups is 1. The molecule has 0 fully saturated rings. The Morgan fingerprint density at radius 2 is 1.50 bits per heavy atom. The van der Waals surface area contributed by atoms with Crippen LogP contribution in [0.25, 0.3) is 0 Å². The second-order valence-corrected chi connectivity index (χ2v) is 5.06. The summed E-state index contributed by atoms with van der Waals surface area (Å²) in [6.45, 7) is 3.79. The minimum absolute atomic E-state index is 0.113. The average Bonchev–Trinajstić information content (AvgIpc) is 2.47. The van der Waals surface area contributed by atoms with E-state index in [9.17, 15) is 4.79 Å². The molecule has 0 aliphatic carbocycles. The van der Waals surface area contributed by atoms with Gasteiger partial charge in [0.2, 0.25) is 0 Å². The maximum atomic E-state index is 12.1. The van der Waals surface area contributed by atoms with E-state index in [1.54, 1.807) is 12.1 Å². The maximum Gasteiger partial charge on any atom is 0.252 e. The largest absolute Gasteiger partial charge is 0.336 e. The SMILES string of the molecule is CC(C)(C#Cc1ccccc1)NC(=O)c1ccccc1. The van der Waals surface area contributed by atoms with E-state index in [0.717, 1.165) is 5.56 Å². The van der Waals surface area contributed by atoms with E-state index in [0.29, 0.717) is 5.56 Å². The maximum absolute atomic E-state index is 12.1. The van der Waals surface area contributed by atoms with E-state index < -0.39 is 5.54 Å². The Kier molecular flexibility index (Phi) is 4.22. The number of rotatable bonds is 2. The lowest BCUT2D eigenvalue weighted by Gasteiger charge is -2.19. The number of hydrogen-bond donors (Lipinski definition) is 1. The number of carbonyl (C=O) groups excluding carboxylic acids is 1. The second kappa shape index (κ2) is 6.08. The van der Waals surface area contributed by atoms with Crippen LogP contribution in [0.2, 0.25) is 0 Å². The summed E-state index contributed by atoms with van der Waals surface area (Å²) in [5.74, 6) is 6.06. The van der Waals surface area contributed by atoms with Crippen molar-refractivity contribution in [3.8, 4) is 11.8 Å².